The van der Waals surface area contributed by atoms with Crippen LogP contribution in [0.2, 0.25) is 0 Å². The standard InChI is InChI=1S/C22H28N6O3S.3H2/c1-14(2)32(29,30)18-8-6-17(7-9-18)19-12-24-15(3)20(25-19)21-26-27-22(31-21)28-10-4-5-16(11-23)13-28;;;/h6-9,12,14,16H,4-5,10-11,13,23H2,1-3H3;3*1H. The fourth-order valence-corrected chi connectivity index (χ4v) is 4.81. The third-order valence-corrected chi connectivity index (χ3v) is 7.96. The van der Waals surface area contributed by atoms with Crippen LogP contribution in [0.3, 0.4) is 0 Å². The van der Waals surface area contributed by atoms with Crippen LogP contribution in [0.1, 0.15) is 36.7 Å². The van der Waals surface area contributed by atoms with Crippen LogP contribution >= 0.6 is 0 Å². The van der Waals surface area contributed by atoms with Crippen molar-refractivity contribution in [2.45, 2.75) is 43.8 Å². The number of benzene rings is 1. The van der Waals surface area contributed by atoms with Gasteiger partial charge in [0.15, 0.2) is 9.84 Å². The SMILES string of the molecule is Cc1ncc(-c2ccc(S(=O)(=O)C(C)C)cc2)nc1-c1nnc(N2CCCC(CN)C2)o1.[HH].[HH].[HH]. The molecule has 9 nitrogen and oxygen atoms in total. The van der Waals surface area contributed by atoms with Crippen molar-refractivity contribution in [1.29, 1.82) is 0 Å². The van der Waals surface area contributed by atoms with Gasteiger partial charge in [-0.25, -0.2) is 13.4 Å². The molecule has 1 aromatic carbocycles. The number of rotatable bonds is 6. The summed E-state index contributed by atoms with van der Waals surface area (Å²) in [6.45, 7) is 7.46. The summed E-state index contributed by atoms with van der Waals surface area (Å²) in [4.78, 5) is 11.5. The molecule has 1 fully saturated rings. The summed E-state index contributed by atoms with van der Waals surface area (Å²) in [6, 6.07) is 7.13. The molecule has 2 aromatic heterocycles. The molecule has 0 spiro atoms. The molecule has 1 aliphatic rings. The van der Waals surface area contributed by atoms with E-state index in [0.29, 0.717) is 41.4 Å². The predicted octanol–water partition coefficient (Wildman–Crippen LogP) is 3.60. The molecular weight excluding hydrogens is 428 g/mol. The molecule has 0 radical (unpaired) electrons. The maximum Gasteiger partial charge on any atom is 0.318 e. The second-order valence-corrected chi connectivity index (χ2v) is 10.9. The lowest BCUT2D eigenvalue weighted by Gasteiger charge is -2.30. The van der Waals surface area contributed by atoms with E-state index in [1.165, 1.54) is 0 Å². The average Bonchev–Trinajstić information content (AvgIpc) is 3.29. The van der Waals surface area contributed by atoms with Gasteiger partial charge in [-0.3, -0.25) is 4.98 Å². The van der Waals surface area contributed by atoms with Crippen LogP contribution < -0.4 is 10.6 Å². The van der Waals surface area contributed by atoms with E-state index in [4.69, 9.17) is 10.2 Å². The van der Waals surface area contributed by atoms with Crippen LogP contribution in [-0.4, -0.2) is 53.5 Å². The van der Waals surface area contributed by atoms with Crippen LogP contribution in [0.4, 0.5) is 6.01 Å². The Labute approximate surface area is 192 Å². The summed E-state index contributed by atoms with van der Waals surface area (Å²) in [5.41, 5.74) is 8.36. The zero-order valence-corrected chi connectivity index (χ0v) is 19.3. The summed E-state index contributed by atoms with van der Waals surface area (Å²) in [5.74, 6) is 0.729. The van der Waals surface area contributed by atoms with Crippen LogP contribution in [0.15, 0.2) is 39.8 Å². The zero-order chi connectivity index (χ0) is 22.9. The average molecular weight is 463 g/mol. The first kappa shape index (κ1) is 22.3. The molecule has 0 aliphatic carbocycles. The second kappa shape index (κ2) is 8.95. The number of hydrogen-bond donors (Lipinski definition) is 1. The quantitative estimate of drug-likeness (QED) is 0.584. The molecule has 10 heteroatoms. The van der Waals surface area contributed by atoms with Crippen LogP contribution in [0, 0.1) is 12.8 Å². The van der Waals surface area contributed by atoms with E-state index >= 15 is 0 Å². The van der Waals surface area contributed by atoms with Gasteiger partial charge in [0.2, 0.25) is 0 Å². The van der Waals surface area contributed by atoms with Crippen molar-refractivity contribution in [2.75, 3.05) is 24.5 Å². The maximum atomic E-state index is 12.4. The van der Waals surface area contributed by atoms with Crippen molar-refractivity contribution in [3.63, 3.8) is 0 Å². The number of aromatic nitrogens is 4. The third kappa shape index (κ3) is 4.37. The smallest absolute Gasteiger partial charge is 0.318 e. The zero-order valence-electron chi connectivity index (χ0n) is 18.5. The molecule has 2 N–H and O–H groups in total. The van der Waals surface area contributed by atoms with Gasteiger partial charge in [0.1, 0.15) is 5.69 Å². The summed E-state index contributed by atoms with van der Waals surface area (Å²) < 4.78 is 30.7. The molecule has 1 unspecified atom stereocenters. The first-order chi connectivity index (χ1) is 15.3. The molecule has 0 amide bonds. The Hall–Kier alpha value is -2.85. The number of aryl methyl sites for hydroxylation is 1. The van der Waals surface area contributed by atoms with Gasteiger partial charge in [0.05, 0.1) is 27.7 Å². The van der Waals surface area contributed by atoms with E-state index in [2.05, 4.69) is 25.1 Å². The molecule has 1 atom stereocenters. The number of anilines is 1. The molecule has 1 saturated heterocycles. The van der Waals surface area contributed by atoms with Gasteiger partial charge in [-0.15, -0.1) is 5.10 Å². The first-order valence-electron chi connectivity index (χ1n) is 10.8. The second-order valence-electron chi connectivity index (χ2n) is 8.39. The van der Waals surface area contributed by atoms with Gasteiger partial charge in [0, 0.05) is 22.9 Å². The molecule has 32 heavy (non-hydrogen) atoms. The van der Waals surface area contributed by atoms with Crippen LogP contribution in [-0.2, 0) is 9.84 Å². The van der Waals surface area contributed by atoms with Crippen molar-refractivity contribution in [3.8, 4) is 22.8 Å². The lowest BCUT2D eigenvalue weighted by Crippen LogP contribution is -2.38. The summed E-state index contributed by atoms with van der Waals surface area (Å²) in [5, 5.41) is 7.94. The molecule has 4 rings (SSSR count). The number of nitrogens with two attached hydrogens (primary N) is 1. The van der Waals surface area contributed by atoms with Gasteiger partial charge in [-0.05, 0) is 58.2 Å². The fraction of sp³-hybridized carbons (Fsp3) is 0.455. The minimum Gasteiger partial charge on any atom is -0.401 e. The number of nitrogens with zero attached hydrogens (tertiary/aromatic N) is 5. The minimum atomic E-state index is -3.33. The van der Waals surface area contributed by atoms with Crippen molar-refractivity contribution in [2.24, 2.45) is 11.7 Å². The number of sulfone groups is 1. The largest absolute Gasteiger partial charge is 0.401 e. The highest BCUT2D eigenvalue weighted by Gasteiger charge is 2.24. The highest BCUT2D eigenvalue weighted by Crippen LogP contribution is 2.28. The summed E-state index contributed by atoms with van der Waals surface area (Å²) in [6.07, 6.45) is 3.80. The Balaban J connectivity index is 0.00000204. The van der Waals surface area contributed by atoms with Crippen molar-refractivity contribution in [1.82, 2.24) is 20.2 Å². The molecule has 0 saturated carbocycles. The van der Waals surface area contributed by atoms with E-state index in [1.807, 2.05) is 6.92 Å². The highest BCUT2D eigenvalue weighted by atomic mass is 32.2. The Bertz CT molecular complexity index is 1210. The van der Waals surface area contributed by atoms with E-state index in [9.17, 15) is 8.42 Å². The normalized spacial score (nSPS) is 17.2. The van der Waals surface area contributed by atoms with E-state index in [0.717, 1.165) is 31.5 Å². The third-order valence-electron chi connectivity index (χ3n) is 5.79. The van der Waals surface area contributed by atoms with Crippen molar-refractivity contribution >= 4 is 15.9 Å². The Morgan fingerprint density at radius 3 is 2.69 bits per heavy atom. The Morgan fingerprint density at radius 1 is 1.25 bits per heavy atom. The molecular formula is C22H34N6O3S. The molecule has 0 bridgehead atoms. The van der Waals surface area contributed by atoms with Gasteiger partial charge in [0.25, 0.3) is 5.89 Å². The van der Waals surface area contributed by atoms with Gasteiger partial charge >= 0.3 is 6.01 Å². The number of hydrogen-bond acceptors (Lipinski definition) is 9. The van der Waals surface area contributed by atoms with Gasteiger partial charge in [-0.1, -0.05) is 17.2 Å². The molecule has 3 heterocycles. The van der Waals surface area contributed by atoms with Gasteiger partial charge in [-0.2, -0.15) is 0 Å². The highest BCUT2D eigenvalue weighted by molar-refractivity contribution is 7.92. The topological polar surface area (TPSA) is 128 Å². The monoisotopic (exact) mass is 462 g/mol. The lowest BCUT2D eigenvalue weighted by atomic mass is 9.99. The first-order valence-corrected chi connectivity index (χ1v) is 12.3. The molecule has 176 valence electrons. The summed E-state index contributed by atoms with van der Waals surface area (Å²) >= 11 is 0. The Morgan fingerprint density at radius 2 is 2.00 bits per heavy atom. The van der Waals surface area contributed by atoms with E-state index in [1.54, 1.807) is 44.3 Å². The van der Waals surface area contributed by atoms with E-state index < -0.39 is 15.1 Å². The van der Waals surface area contributed by atoms with Gasteiger partial charge < -0.3 is 15.1 Å². The molecule has 1 aliphatic heterocycles. The summed E-state index contributed by atoms with van der Waals surface area (Å²) in [7, 11) is -3.33. The van der Waals surface area contributed by atoms with Crippen LogP contribution in [0.5, 0.6) is 0 Å². The maximum absolute atomic E-state index is 12.4. The minimum absolute atomic E-state index is 0. The van der Waals surface area contributed by atoms with Crippen LogP contribution in [0.25, 0.3) is 22.8 Å². The van der Waals surface area contributed by atoms with E-state index in [-0.39, 0.29) is 9.18 Å². The predicted molar refractivity (Wildman–Crippen MR) is 128 cm³/mol. The lowest BCUT2D eigenvalue weighted by molar-refractivity contribution is 0.400. The van der Waals surface area contributed by atoms with Crippen molar-refractivity contribution in [3.05, 3.63) is 36.2 Å². The Kier molecular flexibility index (Phi) is 6.25. The number of piperidine rings is 1. The fourth-order valence-electron chi connectivity index (χ4n) is 3.75. The van der Waals surface area contributed by atoms with Crippen molar-refractivity contribution < 1.29 is 17.1 Å². The molecule has 3 aromatic rings.